The number of carbonyl (C=O) groups is 3. The molecule has 7 heteroatoms. The van der Waals surface area contributed by atoms with E-state index in [9.17, 15) is 19.5 Å². The van der Waals surface area contributed by atoms with Crippen molar-refractivity contribution < 1.29 is 19.5 Å². The van der Waals surface area contributed by atoms with Crippen LogP contribution < -0.4 is 5.32 Å². The quantitative estimate of drug-likeness (QED) is 0.749. The minimum absolute atomic E-state index is 0.0222. The zero-order valence-electron chi connectivity index (χ0n) is 16.8. The summed E-state index contributed by atoms with van der Waals surface area (Å²) in [7, 11) is 0. The molecular weight excluding hydrogens is 380 g/mol. The van der Waals surface area contributed by atoms with Gasteiger partial charge in [0.1, 0.15) is 5.54 Å². The highest BCUT2D eigenvalue weighted by atomic mass is 35.5. The Hall–Kier alpha value is -1.92. The zero-order valence-corrected chi connectivity index (χ0v) is 17.6. The average Bonchev–Trinajstić information content (AvgIpc) is 3.02. The first kappa shape index (κ1) is 20.8. The topological polar surface area (TPSA) is 86.7 Å². The molecule has 2 fully saturated rings. The standard InChI is InChI=1S/C21H27ClN2O4/c1-11(2)10-21(19(27)28)15-14(17(25)24(18(15)26)20(3,4)5)16(23-21)12-7-6-8-13(22)9-12/h6-9,11,14-16,23H,10H2,1-5H3,(H,27,28). The van der Waals surface area contributed by atoms with E-state index >= 15 is 0 Å². The molecule has 3 rings (SSSR count). The maximum absolute atomic E-state index is 13.4. The fourth-order valence-corrected chi connectivity index (χ4v) is 4.96. The van der Waals surface area contributed by atoms with E-state index in [1.807, 2.05) is 19.9 Å². The third-order valence-corrected chi connectivity index (χ3v) is 5.88. The second kappa shape index (κ2) is 6.85. The highest BCUT2D eigenvalue weighted by molar-refractivity contribution is 6.30. The number of amides is 2. The number of halogens is 1. The van der Waals surface area contributed by atoms with Crippen molar-refractivity contribution in [2.75, 3.05) is 0 Å². The Morgan fingerprint density at radius 2 is 1.93 bits per heavy atom. The first-order valence-corrected chi connectivity index (χ1v) is 9.92. The van der Waals surface area contributed by atoms with Crippen LogP contribution in [0.4, 0.5) is 0 Å². The molecule has 1 aromatic rings. The van der Waals surface area contributed by atoms with Crippen molar-refractivity contribution in [3.05, 3.63) is 34.9 Å². The molecule has 152 valence electrons. The molecule has 2 aliphatic heterocycles. The van der Waals surface area contributed by atoms with Crippen molar-refractivity contribution in [1.82, 2.24) is 10.2 Å². The van der Waals surface area contributed by atoms with Gasteiger partial charge in [0.2, 0.25) is 11.8 Å². The van der Waals surface area contributed by atoms with Gasteiger partial charge >= 0.3 is 5.97 Å². The lowest BCUT2D eigenvalue weighted by atomic mass is 9.75. The fraction of sp³-hybridized carbons (Fsp3) is 0.571. The van der Waals surface area contributed by atoms with Gasteiger partial charge in [-0.25, -0.2) is 0 Å². The van der Waals surface area contributed by atoms with Gasteiger partial charge in [-0.2, -0.15) is 0 Å². The molecule has 0 aromatic heterocycles. The Morgan fingerprint density at radius 1 is 1.29 bits per heavy atom. The number of nitrogens with one attached hydrogen (secondary N) is 1. The Kier molecular flexibility index (Phi) is 5.09. The molecular formula is C21H27ClN2O4. The van der Waals surface area contributed by atoms with Gasteiger partial charge in [-0.3, -0.25) is 24.6 Å². The summed E-state index contributed by atoms with van der Waals surface area (Å²) in [6.07, 6.45) is 0.248. The predicted octanol–water partition coefficient (Wildman–Crippen LogP) is 3.25. The summed E-state index contributed by atoms with van der Waals surface area (Å²) in [6.45, 7) is 9.19. The Balaban J connectivity index is 2.19. The molecule has 2 aliphatic rings. The molecule has 0 spiro atoms. The predicted molar refractivity (Wildman–Crippen MR) is 106 cm³/mol. The number of nitrogens with zero attached hydrogens (tertiary/aromatic N) is 1. The highest BCUT2D eigenvalue weighted by Gasteiger charge is 2.69. The minimum atomic E-state index is -1.50. The lowest BCUT2D eigenvalue weighted by Gasteiger charge is -2.36. The van der Waals surface area contributed by atoms with Crippen molar-refractivity contribution in [3.8, 4) is 0 Å². The monoisotopic (exact) mass is 406 g/mol. The summed E-state index contributed by atoms with van der Waals surface area (Å²) in [4.78, 5) is 40.4. The number of fused-ring (bicyclic) bond motifs is 1. The molecule has 0 aliphatic carbocycles. The van der Waals surface area contributed by atoms with Crippen LogP contribution in [0.25, 0.3) is 0 Å². The number of rotatable bonds is 4. The maximum Gasteiger partial charge on any atom is 0.324 e. The highest BCUT2D eigenvalue weighted by Crippen LogP contribution is 2.52. The van der Waals surface area contributed by atoms with E-state index in [0.717, 1.165) is 0 Å². The second-order valence-corrected chi connectivity index (χ2v) is 9.67. The zero-order chi connectivity index (χ0) is 21.0. The maximum atomic E-state index is 13.4. The molecule has 2 N–H and O–H groups in total. The van der Waals surface area contributed by atoms with Gasteiger partial charge in [0.05, 0.1) is 11.8 Å². The van der Waals surface area contributed by atoms with Crippen LogP contribution in [0.1, 0.15) is 52.6 Å². The van der Waals surface area contributed by atoms with Gasteiger partial charge in [-0.1, -0.05) is 37.6 Å². The molecule has 2 saturated heterocycles. The molecule has 6 nitrogen and oxygen atoms in total. The smallest absolute Gasteiger partial charge is 0.324 e. The number of hydrogen-bond donors (Lipinski definition) is 2. The van der Waals surface area contributed by atoms with E-state index in [4.69, 9.17) is 11.6 Å². The lowest BCUT2D eigenvalue weighted by molar-refractivity contribution is -0.154. The summed E-state index contributed by atoms with van der Waals surface area (Å²) in [5.41, 5.74) is -1.51. The number of aliphatic carboxylic acids is 1. The van der Waals surface area contributed by atoms with Crippen LogP contribution in [0.15, 0.2) is 24.3 Å². The van der Waals surface area contributed by atoms with Gasteiger partial charge in [-0.05, 0) is 50.8 Å². The first-order valence-electron chi connectivity index (χ1n) is 9.54. The van der Waals surface area contributed by atoms with Gasteiger partial charge in [0, 0.05) is 16.6 Å². The summed E-state index contributed by atoms with van der Waals surface area (Å²) >= 11 is 6.14. The largest absolute Gasteiger partial charge is 0.480 e. The third-order valence-electron chi connectivity index (χ3n) is 5.64. The Labute approximate surface area is 170 Å². The third kappa shape index (κ3) is 3.12. The molecule has 0 bridgehead atoms. The van der Waals surface area contributed by atoms with Crippen LogP contribution in [0.3, 0.4) is 0 Å². The molecule has 2 heterocycles. The Bertz CT molecular complexity index is 832. The van der Waals surface area contributed by atoms with E-state index in [1.54, 1.807) is 39.0 Å². The SMILES string of the molecule is CC(C)CC1(C(=O)O)NC(c2cccc(Cl)c2)C2C(=O)N(C(C)(C)C)C(=O)C21. The number of benzene rings is 1. The van der Waals surface area contributed by atoms with Gasteiger partial charge in [0.25, 0.3) is 0 Å². The van der Waals surface area contributed by atoms with Crippen molar-refractivity contribution in [3.63, 3.8) is 0 Å². The lowest BCUT2D eigenvalue weighted by Crippen LogP contribution is -2.58. The van der Waals surface area contributed by atoms with Crippen LogP contribution in [-0.4, -0.2) is 38.9 Å². The van der Waals surface area contributed by atoms with Crippen molar-refractivity contribution >= 4 is 29.4 Å². The minimum Gasteiger partial charge on any atom is -0.480 e. The summed E-state index contributed by atoms with van der Waals surface area (Å²) in [5, 5.41) is 13.9. The van der Waals surface area contributed by atoms with E-state index in [-0.39, 0.29) is 18.2 Å². The van der Waals surface area contributed by atoms with Crippen LogP contribution in [0, 0.1) is 17.8 Å². The fourth-order valence-electron chi connectivity index (χ4n) is 4.77. The van der Waals surface area contributed by atoms with E-state index in [0.29, 0.717) is 10.6 Å². The van der Waals surface area contributed by atoms with Crippen molar-refractivity contribution in [2.24, 2.45) is 17.8 Å². The summed E-state index contributed by atoms with van der Waals surface area (Å²) in [5.74, 6) is -3.55. The van der Waals surface area contributed by atoms with Crippen LogP contribution >= 0.6 is 11.6 Å². The van der Waals surface area contributed by atoms with Crippen molar-refractivity contribution in [2.45, 2.75) is 58.2 Å². The molecule has 4 atom stereocenters. The number of carboxylic acids is 1. The number of imide groups is 1. The molecule has 1 aromatic carbocycles. The first-order chi connectivity index (χ1) is 12.9. The molecule has 0 saturated carbocycles. The van der Waals surface area contributed by atoms with Gasteiger partial charge < -0.3 is 5.11 Å². The number of carboxylic acid groups (broad SMARTS) is 1. The van der Waals surface area contributed by atoms with E-state index in [2.05, 4.69) is 5.32 Å². The van der Waals surface area contributed by atoms with Crippen LogP contribution in [-0.2, 0) is 14.4 Å². The molecule has 28 heavy (non-hydrogen) atoms. The van der Waals surface area contributed by atoms with Crippen LogP contribution in [0.5, 0.6) is 0 Å². The van der Waals surface area contributed by atoms with Gasteiger partial charge in [-0.15, -0.1) is 0 Å². The molecule has 2 amide bonds. The Morgan fingerprint density at radius 3 is 2.43 bits per heavy atom. The van der Waals surface area contributed by atoms with Crippen LogP contribution in [0.2, 0.25) is 5.02 Å². The van der Waals surface area contributed by atoms with Crippen molar-refractivity contribution in [1.29, 1.82) is 0 Å². The van der Waals surface area contributed by atoms with E-state index in [1.165, 1.54) is 4.90 Å². The van der Waals surface area contributed by atoms with Gasteiger partial charge in [0.15, 0.2) is 0 Å². The summed E-state index contributed by atoms with van der Waals surface area (Å²) in [6, 6.07) is 6.42. The molecule has 0 radical (unpaired) electrons. The number of hydrogen-bond acceptors (Lipinski definition) is 4. The normalized spacial score (nSPS) is 30.2. The summed E-state index contributed by atoms with van der Waals surface area (Å²) < 4.78 is 0. The molecule has 4 unspecified atom stereocenters. The number of carbonyl (C=O) groups excluding carboxylic acids is 2. The average molecular weight is 407 g/mol. The number of likely N-dealkylation sites (tertiary alicyclic amines) is 1. The van der Waals surface area contributed by atoms with E-state index < -0.39 is 40.8 Å². The second-order valence-electron chi connectivity index (χ2n) is 9.24.